The molecule has 4 nitrogen and oxygen atoms in total. The second-order valence-corrected chi connectivity index (χ2v) is 6.02. The number of hydrogen-bond acceptors (Lipinski definition) is 5. The molecule has 5 heteroatoms. The standard InChI is InChI=1S/C17H19N3OS/c18-17-20-15(12-22-17)6-2-8-19-11-13-4-1-5-14(10-13)16-7-3-9-21-16/h1,3-5,7,9-10,12,19H,2,6,8,11H2,(H2,18,20). The molecule has 0 saturated carbocycles. The van der Waals surface area contributed by atoms with Crippen LogP contribution in [0.3, 0.4) is 0 Å². The molecule has 2 aromatic heterocycles. The Morgan fingerprint density at radius 1 is 1.23 bits per heavy atom. The minimum absolute atomic E-state index is 0.651. The van der Waals surface area contributed by atoms with Crippen LogP contribution in [0.1, 0.15) is 17.7 Å². The van der Waals surface area contributed by atoms with E-state index in [-0.39, 0.29) is 0 Å². The first-order valence-electron chi connectivity index (χ1n) is 7.35. The fraction of sp³-hybridized carbons (Fsp3) is 0.235. The molecule has 3 aromatic rings. The van der Waals surface area contributed by atoms with Crippen molar-refractivity contribution in [2.24, 2.45) is 0 Å². The third kappa shape index (κ3) is 3.96. The summed E-state index contributed by atoms with van der Waals surface area (Å²) < 4.78 is 5.43. The second-order valence-electron chi connectivity index (χ2n) is 5.14. The van der Waals surface area contributed by atoms with Gasteiger partial charge >= 0.3 is 0 Å². The van der Waals surface area contributed by atoms with Crippen molar-refractivity contribution < 1.29 is 4.42 Å². The maximum atomic E-state index is 5.62. The largest absolute Gasteiger partial charge is 0.464 e. The number of aromatic nitrogens is 1. The Labute approximate surface area is 134 Å². The molecule has 0 aliphatic heterocycles. The van der Waals surface area contributed by atoms with Gasteiger partial charge < -0.3 is 15.5 Å². The van der Waals surface area contributed by atoms with E-state index in [0.29, 0.717) is 5.13 Å². The topological polar surface area (TPSA) is 64.1 Å². The smallest absolute Gasteiger partial charge is 0.180 e. The van der Waals surface area contributed by atoms with E-state index < -0.39 is 0 Å². The van der Waals surface area contributed by atoms with Gasteiger partial charge in [-0.25, -0.2) is 4.98 Å². The molecule has 0 aliphatic carbocycles. The van der Waals surface area contributed by atoms with Gasteiger partial charge in [0.15, 0.2) is 5.13 Å². The summed E-state index contributed by atoms with van der Waals surface area (Å²) in [7, 11) is 0. The number of benzene rings is 1. The molecule has 3 N–H and O–H groups in total. The highest BCUT2D eigenvalue weighted by Crippen LogP contribution is 2.20. The highest BCUT2D eigenvalue weighted by Gasteiger charge is 2.02. The van der Waals surface area contributed by atoms with Crippen molar-refractivity contribution in [2.75, 3.05) is 12.3 Å². The lowest BCUT2D eigenvalue weighted by molar-refractivity contribution is 0.582. The second kappa shape index (κ2) is 7.24. The minimum atomic E-state index is 0.651. The third-order valence-electron chi connectivity index (χ3n) is 3.42. The van der Waals surface area contributed by atoms with Gasteiger partial charge in [-0.05, 0) is 43.1 Å². The number of rotatable bonds is 7. The van der Waals surface area contributed by atoms with E-state index in [2.05, 4.69) is 34.6 Å². The molecule has 0 amide bonds. The van der Waals surface area contributed by atoms with Gasteiger partial charge in [-0.3, -0.25) is 0 Å². The van der Waals surface area contributed by atoms with Gasteiger partial charge in [-0.1, -0.05) is 18.2 Å². The first-order chi connectivity index (χ1) is 10.8. The number of nitrogens with two attached hydrogens (primary N) is 1. The molecular formula is C17H19N3OS. The van der Waals surface area contributed by atoms with E-state index in [1.54, 1.807) is 6.26 Å². The van der Waals surface area contributed by atoms with Gasteiger partial charge in [-0.15, -0.1) is 11.3 Å². The molecule has 0 bridgehead atoms. The number of anilines is 1. The average Bonchev–Trinajstić information content (AvgIpc) is 3.19. The summed E-state index contributed by atoms with van der Waals surface area (Å²) in [5.41, 5.74) is 9.08. The molecule has 22 heavy (non-hydrogen) atoms. The summed E-state index contributed by atoms with van der Waals surface area (Å²) >= 11 is 1.50. The third-order valence-corrected chi connectivity index (χ3v) is 4.14. The van der Waals surface area contributed by atoms with Crippen molar-refractivity contribution in [2.45, 2.75) is 19.4 Å². The predicted octanol–water partition coefficient (Wildman–Crippen LogP) is 3.71. The van der Waals surface area contributed by atoms with Crippen LogP contribution in [-0.2, 0) is 13.0 Å². The van der Waals surface area contributed by atoms with Crippen molar-refractivity contribution in [3.05, 3.63) is 59.3 Å². The van der Waals surface area contributed by atoms with Crippen LogP contribution in [-0.4, -0.2) is 11.5 Å². The lowest BCUT2D eigenvalue weighted by atomic mass is 10.1. The Morgan fingerprint density at radius 2 is 2.18 bits per heavy atom. The van der Waals surface area contributed by atoms with Crippen LogP contribution in [0.2, 0.25) is 0 Å². The molecule has 114 valence electrons. The molecule has 0 aliphatic rings. The summed E-state index contributed by atoms with van der Waals surface area (Å²) in [5, 5.41) is 6.15. The normalized spacial score (nSPS) is 10.9. The molecule has 0 fully saturated rings. The Balaban J connectivity index is 1.45. The zero-order valence-corrected chi connectivity index (χ0v) is 13.1. The van der Waals surface area contributed by atoms with Crippen molar-refractivity contribution in [1.82, 2.24) is 10.3 Å². The van der Waals surface area contributed by atoms with Gasteiger partial charge in [0.2, 0.25) is 0 Å². The van der Waals surface area contributed by atoms with E-state index in [1.165, 1.54) is 16.9 Å². The van der Waals surface area contributed by atoms with Crippen molar-refractivity contribution in [1.29, 1.82) is 0 Å². The quantitative estimate of drug-likeness (QED) is 0.653. The van der Waals surface area contributed by atoms with Crippen LogP contribution in [0.4, 0.5) is 5.13 Å². The van der Waals surface area contributed by atoms with E-state index in [9.17, 15) is 0 Å². The summed E-state index contributed by atoms with van der Waals surface area (Å²) in [6, 6.07) is 12.3. The van der Waals surface area contributed by atoms with Gasteiger partial charge in [0.05, 0.1) is 12.0 Å². The Bertz CT molecular complexity index is 706. The van der Waals surface area contributed by atoms with E-state index >= 15 is 0 Å². The molecule has 0 radical (unpaired) electrons. The summed E-state index contributed by atoms with van der Waals surface area (Å²) in [4.78, 5) is 4.26. The Hall–Kier alpha value is -2.11. The fourth-order valence-electron chi connectivity index (χ4n) is 2.34. The molecule has 0 saturated heterocycles. The minimum Gasteiger partial charge on any atom is -0.464 e. The molecule has 0 atom stereocenters. The highest BCUT2D eigenvalue weighted by molar-refractivity contribution is 7.13. The summed E-state index contributed by atoms with van der Waals surface area (Å²) in [6.07, 6.45) is 3.72. The SMILES string of the molecule is Nc1nc(CCCNCc2cccc(-c3ccco3)c2)cs1. The number of thiazole rings is 1. The maximum Gasteiger partial charge on any atom is 0.180 e. The Kier molecular flexibility index (Phi) is 4.88. The highest BCUT2D eigenvalue weighted by atomic mass is 32.1. The first kappa shape index (κ1) is 14.8. The monoisotopic (exact) mass is 313 g/mol. The number of nitrogen functional groups attached to an aromatic ring is 1. The average molecular weight is 313 g/mol. The van der Waals surface area contributed by atoms with Crippen LogP contribution >= 0.6 is 11.3 Å². The lowest BCUT2D eigenvalue weighted by Crippen LogP contribution is -2.15. The molecule has 3 rings (SSSR count). The van der Waals surface area contributed by atoms with Crippen LogP contribution in [0.25, 0.3) is 11.3 Å². The van der Waals surface area contributed by atoms with Gasteiger partial charge in [-0.2, -0.15) is 0 Å². The number of nitrogens with one attached hydrogen (secondary N) is 1. The molecule has 2 heterocycles. The van der Waals surface area contributed by atoms with Crippen LogP contribution in [0.5, 0.6) is 0 Å². The van der Waals surface area contributed by atoms with Crippen LogP contribution < -0.4 is 11.1 Å². The number of aryl methyl sites for hydroxylation is 1. The molecular weight excluding hydrogens is 294 g/mol. The summed E-state index contributed by atoms with van der Waals surface area (Å²) in [6.45, 7) is 1.82. The van der Waals surface area contributed by atoms with E-state index in [4.69, 9.17) is 10.2 Å². The van der Waals surface area contributed by atoms with Crippen LogP contribution in [0, 0.1) is 0 Å². The summed E-state index contributed by atoms with van der Waals surface area (Å²) in [5.74, 6) is 0.906. The zero-order chi connectivity index (χ0) is 15.2. The van der Waals surface area contributed by atoms with Crippen molar-refractivity contribution in [3.8, 4) is 11.3 Å². The first-order valence-corrected chi connectivity index (χ1v) is 8.22. The Morgan fingerprint density at radius 3 is 2.95 bits per heavy atom. The number of nitrogens with zero attached hydrogens (tertiary/aromatic N) is 1. The maximum absolute atomic E-state index is 5.62. The van der Waals surface area contributed by atoms with E-state index in [0.717, 1.165) is 42.9 Å². The number of hydrogen-bond donors (Lipinski definition) is 2. The van der Waals surface area contributed by atoms with Gasteiger partial charge in [0.1, 0.15) is 5.76 Å². The van der Waals surface area contributed by atoms with Crippen molar-refractivity contribution in [3.63, 3.8) is 0 Å². The van der Waals surface area contributed by atoms with E-state index in [1.807, 2.05) is 17.5 Å². The van der Waals surface area contributed by atoms with Gasteiger partial charge in [0.25, 0.3) is 0 Å². The van der Waals surface area contributed by atoms with Crippen LogP contribution in [0.15, 0.2) is 52.5 Å². The molecule has 1 aromatic carbocycles. The van der Waals surface area contributed by atoms with Crippen molar-refractivity contribution >= 4 is 16.5 Å². The zero-order valence-electron chi connectivity index (χ0n) is 12.3. The van der Waals surface area contributed by atoms with Gasteiger partial charge in [0, 0.05) is 17.5 Å². The number of furan rings is 1. The molecule has 0 unspecified atom stereocenters. The fourth-order valence-corrected chi connectivity index (χ4v) is 2.94. The lowest BCUT2D eigenvalue weighted by Gasteiger charge is -2.06. The predicted molar refractivity (Wildman–Crippen MR) is 90.7 cm³/mol. The molecule has 0 spiro atoms.